The molecule has 1 unspecified atom stereocenters. The third kappa shape index (κ3) is 6.04. The zero-order valence-electron chi connectivity index (χ0n) is 13.6. The second-order valence-electron chi connectivity index (χ2n) is 6.12. The zero-order valence-corrected chi connectivity index (χ0v) is 13.6. The molecule has 2 N–H and O–H groups in total. The quantitative estimate of drug-likeness (QED) is 0.684. The highest BCUT2D eigenvalue weighted by Crippen LogP contribution is 2.31. The molecule has 1 saturated carbocycles. The highest BCUT2D eigenvalue weighted by Gasteiger charge is 2.34. The van der Waals surface area contributed by atoms with Crippen molar-refractivity contribution in [3.63, 3.8) is 0 Å². The van der Waals surface area contributed by atoms with Gasteiger partial charge >= 0.3 is 5.97 Å². The van der Waals surface area contributed by atoms with E-state index in [0.29, 0.717) is 19.3 Å². The molecule has 0 aliphatic heterocycles. The number of hydrogen-bond acceptors (Lipinski definition) is 3. The summed E-state index contributed by atoms with van der Waals surface area (Å²) in [5.74, 6) is -1.18. The molecule has 0 heterocycles. The highest BCUT2D eigenvalue weighted by molar-refractivity contribution is 5.81. The summed E-state index contributed by atoms with van der Waals surface area (Å²) in [6, 6.07) is 0.164. The molecular formula is C16H30N2O3. The van der Waals surface area contributed by atoms with E-state index in [0.717, 1.165) is 32.5 Å². The van der Waals surface area contributed by atoms with Gasteiger partial charge in [0.2, 0.25) is 5.91 Å². The molecule has 1 aliphatic rings. The lowest BCUT2D eigenvalue weighted by molar-refractivity contribution is -0.141. The van der Waals surface area contributed by atoms with Gasteiger partial charge in [-0.1, -0.05) is 13.8 Å². The third-order valence-corrected chi connectivity index (χ3v) is 4.55. The maximum atomic E-state index is 12.1. The van der Waals surface area contributed by atoms with Crippen LogP contribution in [0.2, 0.25) is 0 Å². The van der Waals surface area contributed by atoms with Gasteiger partial charge in [-0.05, 0) is 58.7 Å². The molecule has 3 atom stereocenters. The monoisotopic (exact) mass is 298 g/mol. The molecule has 21 heavy (non-hydrogen) atoms. The zero-order chi connectivity index (χ0) is 15.8. The largest absolute Gasteiger partial charge is 0.481 e. The molecular weight excluding hydrogens is 268 g/mol. The predicted octanol–water partition coefficient (Wildman–Crippen LogP) is 2.11. The fourth-order valence-electron chi connectivity index (χ4n) is 3.04. The second kappa shape index (κ2) is 9.03. The van der Waals surface area contributed by atoms with Crippen LogP contribution in [0.3, 0.4) is 0 Å². The Morgan fingerprint density at radius 2 is 1.86 bits per heavy atom. The van der Waals surface area contributed by atoms with E-state index in [4.69, 9.17) is 5.11 Å². The summed E-state index contributed by atoms with van der Waals surface area (Å²) in [6.45, 7) is 9.55. The van der Waals surface area contributed by atoms with Crippen LogP contribution >= 0.6 is 0 Å². The van der Waals surface area contributed by atoms with Gasteiger partial charge in [-0.15, -0.1) is 0 Å². The van der Waals surface area contributed by atoms with E-state index >= 15 is 0 Å². The van der Waals surface area contributed by atoms with Gasteiger partial charge < -0.3 is 15.3 Å². The summed E-state index contributed by atoms with van der Waals surface area (Å²) < 4.78 is 0. The Kier molecular flexibility index (Phi) is 7.72. The summed E-state index contributed by atoms with van der Waals surface area (Å²) in [5, 5.41) is 12.0. The first-order valence-electron chi connectivity index (χ1n) is 8.23. The highest BCUT2D eigenvalue weighted by atomic mass is 16.4. The number of carboxylic acids is 1. The van der Waals surface area contributed by atoms with E-state index in [1.54, 1.807) is 0 Å². The molecule has 0 spiro atoms. The van der Waals surface area contributed by atoms with Crippen molar-refractivity contribution in [2.75, 3.05) is 19.6 Å². The Balaban J connectivity index is 2.23. The Hall–Kier alpha value is -1.10. The van der Waals surface area contributed by atoms with Crippen molar-refractivity contribution in [2.45, 2.75) is 58.9 Å². The van der Waals surface area contributed by atoms with Gasteiger partial charge in [0.15, 0.2) is 0 Å². The van der Waals surface area contributed by atoms with Crippen molar-refractivity contribution in [2.24, 2.45) is 11.8 Å². The van der Waals surface area contributed by atoms with Crippen LogP contribution < -0.4 is 5.32 Å². The summed E-state index contributed by atoms with van der Waals surface area (Å²) in [7, 11) is 0. The molecule has 0 bridgehead atoms. The van der Waals surface area contributed by atoms with E-state index in [-0.39, 0.29) is 23.8 Å². The van der Waals surface area contributed by atoms with E-state index in [2.05, 4.69) is 24.1 Å². The van der Waals surface area contributed by atoms with Crippen LogP contribution in [0.15, 0.2) is 0 Å². The molecule has 1 rings (SSSR count). The molecule has 0 saturated heterocycles. The van der Waals surface area contributed by atoms with E-state index < -0.39 is 5.97 Å². The van der Waals surface area contributed by atoms with Crippen molar-refractivity contribution in [1.29, 1.82) is 0 Å². The first kappa shape index (κ1) is 18.0. The van der Waals surface area contributed by atoms with Gasteiger partial charge in [-0.3, -0.25) is 9.59 Å². The Morgan fingerprint density at radius 1 is 1.24 bits per heavy atom. The van der Waals surface area contributed by atoms with E-state index in [1.165, 1.54) is 0 Å². The van der Waals surface area contributed by atoms with Crippen molar-refractivity contribution in [3.8, 4) is 0 Å². The average Bonchev–Trinajstić information content (AvgIpc) is 2.93. The van der Waals surface area contributed by atoms with Crippen LogP contribution in [0.4, 0.5) is 0 Å². The van der Waals surface area contributed by atoms with Gasteiger partial charge in [0.05, 0.1) is 5.92 Å². The number of nitrogens with zero attached hydrogens (tertiary/aromatic N) is 1. The number of rotatable bonds is 9. The fourth-order valence-corrected chi connectivity index (χ4v) is 3.04. The number of hydrogen-bond donors (Lipinski definition) is 2. The molecule has 122 valence electrons. The summed E-state index contributed by atoms with van der Waals surface area (Å²) in [5.41, 5.74) is 0. The minimum Gasteiger partial charge on any atom is -0.481 e. The maximum absolute atomic E-state index is 12.1. The molecule has 0 aromatic heterocycles. The van der Waals surface area contributed by atoms with Gasteiger partial charge in [0, 0.05) is 12.0 Å². The number of nitrogens with one attached hydrogen (secondary N) is 1. The number of amides is 1. The first-order valence-corrected chi connectivity index (χ1v) is 8.23. The lowest BCUT2D eigenvalue weighted by atomic mass is 10.0. The Morgan fingerprint density at radius 3 is 2.38 bits per heavy atom. The first-order chi connectivity index (χ1) is 9.97. The van der Waals surface area contributed by atoms with E-state index in [1.807, 2.05) is 6.92 Å². The maximum Gasteiger partial charge on any atom is 0.306 e. The van der Waals surface area contributed by atoms with Gasteiger partial charge in [-0.2, -0.15) is 0 Å². The molecule has 0 aromatic carbocycles. The SMILES string of the molecule is CCN(CC)CCCC(C)NC(=O)[C@@H]1CC[C@H](C(=O)O)C1. The molecule has 1 amide bonds. The van der Waals surface area contributed by atoms with Crippen molar-refractivity contribution in [3.05, 3.63) is 0 Å². The van der Waals surface area contributed by atoms with Gasteiger partial charge in [-0.25, -0.2) is 0 Å². The van der Waals surface area contributed by atoms with Crippen LogP contribution in [0, 0.1) is 11.8 Å². The van der Waals surface area contributed by atoms with Crippen molar-refractivity contribution < 1.29 is 14.7 Å². The summed E-state index contributed by atoms with van der Waals surface area (Å²) in [6.07, 6.45) is 3.87. The Labute approximate surface area is 128 Å². The molecule has 5 heteroatoms. The second-order valence-corrected chi connectivity index (χ2v) is 6.12. The normalized spacial score (nSPS) is 23.2. The topological polar surface area (TPSA) is 69.6 Å². The number of carboxylic acid groups (broad SMARTS) is 1. The minimum absolute atomic E-state index is 0.0362. The molecule has 5 nitrogen and oxygen atoms in total. The van der Waals surface area contributed by atoms with Crippen molar-refractivity contribution in [1.82, 2.24) is 10.2 Å². The smallest absolute Gasteiger partial charge is 0.306 e. The van der Waals surface area contributed by atoms with Crippen LogP contribution in [0.5, 0.6) is 0 Å². The average molecular weight is 298 g/mol. The molecule has 0 radical (unpaired) electrons. The number of aliphatic carboxylic acids is 1. The van der Waals surface area contributed by atoms with Crippen molar-refractivity contribution >= 4 is 11.9 Å². The lowest BCUT2D eigenvalue weighted by Gasteiger charge is -2.20. The van der Waals surface area contributed by atoms with Gasteiger partial charge in [0.1, 0.15) is 0 Å². The molecule has 0 aromatic rings. The summed E-state index contributed by atoms with van der Waals surface area (Å²) in [4.78, 5) is 25.4. The van der Waals surface area contributed by atoms with Crippen LogP contribution in [-0.2, 0) is 9.59 Å². The predicted molar refractivity (Wildman–Crippen MR) is 83.1 cm³/mol. The number of carbonyl (C=O) groups is 2. The minimum atomic E-state index is -0.766. The van der Waals surface area contributed by atoms with Gasteiger partial charge in [0.25, 0.3) is 0 Å². The van der Waals surface area contributed by atoms with Crippen LogP contribution in [0.1, 0.15) is 52.9 Å². The van der Waals surface area contributed by atoms with Crippen LogP contribution in [-0.4, -0.2) is 47.6 Å². The summed E-state index contributed by atoms with van der Waals surface area (Å²) >= 11 is 0. The lowest BCUT2D eigenvalue weighted by Crippen LogP contribution is -2.37. The molecule has 1 aliphatic carbocycles. The fraction of sp³-hybridized carbons (Fsp3) is 0.875. The Bertz CT molecular complexity index is 342. The third-order valence-electron chi connectivity index (χ3n) is 4.55. The standard InChI is InChI=1S/C16H30N2O3/c1-4-18(5-2)10-6-7-12(3)17-15(19)13-8-9-14(11-13)16(20)21/h12-14H,4-11H2,1-3H3,(H,17,19)(H,20,21)/t12?,13-,14+/m1/s1. The van der Waals surface area contributed by atoms with E-state index in [9.17, 15) is 9.59 Å². The number of carbonyl (C=O) groups excluding carboxylic acids is 1. The molecule has 1 fully saturated rings. The van der Waals surface area contributed by atoms with Crippen LogP contribution in [0.25, 0.3) is 0 Å².